The highest BCUT2D eigenvalue weighted by molar-refractivity contribution is 5.87. The third-order valence-electron chi connectivity index (χ3n) is 3.18. The third-order valence-corrected chi connectivity index (χ3v) is 3.18. The molecule has 0 heterocycles. The minimum atomic E-state index is -0.578. The van der Waals surface area contributed by atoms with Crippen molar-refractivity contribution in [2.45, 2.75) is 33.1 Å². The minimum absolute atomic E-state index is 0.00424. The molecule has 0 aliphatic carbocycles. The van der Waals surface area contributed by atoms with Gasteiger partial charge in [0.1, 0.15) is 0 Å². The van der Waals surface area contributed by atoms with Gasteiger partial charge in [-0.05, 0) is 37.5 Å². The molecule has 20 heavy (non-hydrogen) atoms. The van der Waals surface area contributed by atoms with Gasteiger partial charge in [0.2, 0.25) is 5.91 Å². The van der Waals surface area contributed by atoms with Crippen LogP contribution in [0.1, 0.15) is 33.3 Å². The van der Waals surface area contributed by atoms with E-state index in [0.717, 1.165) is 12.2 Å². The van der Waals surface area contributed by atoms with Crippen LogP contribution in [-0.2, 0) is 14.9 Å². The van der Waals surface area contributed by atoms with Crippen molar-refractivity contribution in [1.82, 2.24) is 5.32 Å². The van der Waals surface area contributed by atoms with Crippen LogP contribution in [0.2, 0.25) is 0 Å². The van der Waals surface area contributed by atoms with Gasteiger partial charge in [-0.15, -0.1) is 0 Å². The first-order chi connectivity index (χ1) is 9.34. The van der Waals surface area contributed by atoms with Crippen LogP contribution in [-0.4, -0.2) is 25.7 Å². The van der Waals surface area contributed by atoms with Gasteiger partial charge in [0.15, 0.2) is 0 Å². The number of anilines is 1. The lowest BCUT2D eigenvalue weighted by molar-refractivity contribution is -0.125. The first-order valence-corrected chi connectivity index (χ1v) is 7.06. The van der Waals surface area contributed by atoms with Crippen LogP contribution in [0.25, 0.3) is 0 Å². The van der Waals surface area contributed by atoms with Gasteiger partial charge in [0.25, 0.3) is 0 Å². The molecular formula is C16H26N2O2. The van der Waals surface area contributed by atoms with Crippen LogP contribution in [0.5, 0.6) is 0 Å². The number of carbonyl (C=O) groups is 1. The topological polar surface area (TPSA) is 64.3 Å². The van der Waals surface area contributed by atoms with Crippen molar-refractivity contribution in [1.29, 1.82) is 0 Å². The number of amides is 1. The standard InChI is InChI=1S/C16H26N2O2/c1-12(2)11-20-10-9-18-15(19)16(3,4)13-5-7-14(17)8-6-13/h5-8,12H,9-11,17H2,1-4H3,(H,18,19). The lowest BCUT2D eigenvalue weighted by Gasteiger charge is -2.24. The molecule has 0 spiro atoms. The summed E-state index contributed by atoms with van der Waals surface area (Å²) in [4.78, 5) is 12.2. The van der Waals surface area contributed by atoms with Crippen LogP contribution in [0.15, 0.2) is 24.3 Å². The Balaban J connectivity index is 2.46. The van der Waals surface area contributed by atoms with E-state index in [-0.39, 0.29) is 5.91 Å². The summed E-state index contributed by atoms with van der Waals surface area (Å²) >= 11 is 0. The van der Waals surface area contributed by atoms with Gasteiger partial charge in [-0.2, -0.15) is 0 Å². The number of rotatable bonds is 7. The van der Waals surface area contributed by atoms with Gasteiger partial charge < -0.3 is 15.8 Å². The fraction of sp³-hybridized carbons (Fsp3) is 0.562. The number of carbonyl (C=O) groups excluding carboxylic acids is 1. The number of nitrogens with two attached hydrogens (primary N) is 1. The molecule has 0 aliphatic heterocycles. The highest BCUT2D eigenvalue weighted by atomic mass is 16.5. The molecule has 4 nitrogen and oxygen atoms in total. The van der Waals surface area contributed by atoms with Crippen molar-refractivity contribution in [3.8, 4) is 0 Å². The number of ether oxygens (including phenoxy) is 1. The smallest absolute Gasteiger partial charge is 0.230 e. The Morgan fingerprint density at radius 3 is 2.45 bits per heavy atom. The highest BCUT2D eigenvalue weighted by Gasteiger charge is 2.29. The molecule has 0 aromatic heterocycles. The van der Waals surface area contributed by atoms with Gasteiger partial charge in [-0.3, -0.25) is 4.79 Å². The van der Waals surface area contributed by atoms with Crippen LogP contribution in [0, 0.1) is 5.92 Å². The summed E-state index contributed by atoms with van der Waals surface area (Å²) in [6, 6.07) is 7.42. The molecule has 1 amide bonds. The van der Waals surface area contributed by atoms with Crippen LogP contribution in [0.4, 0.5) is 5.69 Å². The Morgan fingerprint density at radius 2 is 1.90 bits per heavy atom. The summed E-state index contributed by atoms with van der Waals surface area (Å²) in [5, 5.41) is 2.91. The van der Waals surface area contributed by atoms with E-state index < -0.39 is 5.41 Å². The molecule has 1 aromatic carbocycles. The molecule has 0 aliphatic rings. The van der Waals surface area contributed by atoms with Gasteiger partial charge in [0, 0.05) is 18.8 Å². The zero-order valence-corrected chi connectivity index (χ0v) is 12.9. The molecule has 3 N–H and O–H groups in total. The van der Waals surface area contributed by atoms with Gasteiger partial charge >= 0.3 is 0 Å². The predicted molar refractivity (Wildman–Crippen MR) is 82.5 cm³/mol. The molecule has 0 saturated carbocycles. The zero-order chi connectivity index (χ0) is 15.2. The van der Waals surface area contributed by atoms with E-state index in [2.05, 4.69) is 19.2 Å². The number of nitrogens with one attached hydrogen (secondary N) is 1. The second-order valence-corrected chi connectivity index (χ2v) is 5.97. The van der Waals surface area contributed by atoms with Crippen LogP contribution in [0.3, 0.4) is 0 Å². The molecule has 112 valence electrons. The summed E-state index contributed by atoms with van der Waals surface area (Å²) in [5.74, 6) is 0.507. The summed E-state index contributed by atoms with van der Waals surface area (Å²) in [7, 11) is 0. The second-order valence-electron chi connectivity index (χ2n) is 5.97. The average molecular weight is 278 g/mol. The molecule has 1 aromatic rings. The van der Waals surface area contributed by atoms with Crippen LogP contribution < -0.4 is 11.1 Å². The minimum Gasteiger partial charge on any atom is -0.399 e. The quantitative estimate of drug-likeness (QED) is 0.594. The van der Waals surface area contributed by atoms with Gasteiger partial charge in [-0.25, -0.2) is 0 Å². The summed E-state index contributed by atoms with van der Waals surface area (Å²) in [6.07, 6.45) is 0. The Hall–Kier alpha value is -1.55. The Labute approximate surface area is 121 Å². The van der Waals surface area contributed by atoms with Crippen molar-refractivity contribution in [2.24, 2.45) is 5.92 Å². The lowest BCUT2D eigenvalue weighted by Crippen LogP contribution is -2.41. The Kier molecular flexibility index (Phi) is 6.02. The van der Waals surface area contributed by atoms with Crippen molar-refractivity contribution in [2.75, 3.05) is 25.5 Å². The molecule has 0 radical (unpaired) electrons. The molecular weight excluding hydrogens is 252 g/mol. The fourth-order valence-corrected chi connectivity index (χ4v) is 1.81. The summed E-state index contributed by atoms with van der Waals surface area (Å²) in [5.41, 5.74) is 6.74. The zero-order valence-electron chi connectivity index (χ0n) is 12.9. The van der Waals surface area contributed by atoms with E-state index in [1.165, 1.54) is 0 Å². The maximum atomic E-state index is 12.2. The van der Waals surface area contributed by atoms with E-state index in [9.17, 15) is 4.79 Å². The predicted octanol–water partition coefficient (Wildman–Crippen LogP) is 2.34. The monoisotopic (exact) mass is 278 g/mol. The van der Waals surface area contributed by atoms with E-state index in [1.807, 2.05) is 38.1 Å². The molecule has 4 heteroatoms. The van der Waals surface area contributed by atoms with Crippen LogP contribution >= 0.6 is 0 Å². The lowest BCUT2D eigenvalue weighted by atomic mass is 9.83. The highest BCUT2D eigenvalue weighted by Crippen LogP contribution is 2.24. The van der Waals surface area contributed by atoms with E-state index in [0.29, 0.717) is 24.8 Å². The molecule has 0 unspecified atom stereocenters. The molecule has 0 saturated heterocycles. The van der Waals surface area contributed by atoms with Crippen molar-refractivity contribution in [3.05, 3.63) is 29.8 Å². The Morgan fingerprint density at radius 1 is 1.30 bits per heavy atom. The first-order valence-electron chi connectivity index (χ1n) is 7.06. The van der Waals surface area contributed by atoms with E-state index in [4.69, 9.17) is 10.5 Å². The average Bonchev–Trinajstić information content (AvgIpc) is 2.38. The van der Waals surface area contributed by atoms with Crippen molar-refractivity contribution >= 4 is 11.6 Å². The largest absolute Gasteiger partial charge is 0.399 e. The Bertz CT molecular complexity index is 425. The van der Waals surface area contributed by atoms with E-state index >= 15 is 0 Å². The molecule has 0 bridgehead atoms. The first kappa shape index (κ1) is 16.5. The molecule has 1 rings (SSSR count). The molecule has 0 fully saturated rings. The number of benzene rings is 1. The number of hydrogen-bond acceptors (Lipinski definition) is 3. The molecule has 0 atom stereocenters. The van der Waals surface area contributed by atoms with Crippen molar-refractivity contribution < 1.29 is 9.53 Å². The van der Waals surface area contributed by atoms with Crippen molar-refractivity contribution in [3.63, 3.8) is 0 Å². The fourth-order valence-electron chi connectivity index (χ4n) is 1.81. The normalized spacial score (nSPS) is 11.7. The van der Waals surface area contributed by atoms with E-state index in [1.54, 1.807) is 0 Å². The SMILES string of the molecule is CC(C)COCCNC(=O)C(C)(C)c1ccc(N)cc1. The number of hydrogen-bond donors (Lipinski definition) is 2. The summed E-state index contributed by atoms with van der Waals surface area (Å²) in [6.45, 7) is 9.81. The second kappa shape index (κ2) is 7.29. The van der Waals surface area contributed by atoms with Gasteiger partial charge in [-0.1, -0.05) is 26.0 Å². The maximum absolute atomic E-state index is 12.2. The maximum Gasteiger partial charge on any atom is 0.230 e. The number of nitrogen functional groups attached to an aromatic ring is 1. The third kappa shape index (κ3) is 4.85. The van der Waals surface area contributed by atoms with Gasteiger partial charge in [0.05, 0.1) is 12.0 Å². The summed E-state index contributed by atoms with van der Waals surface area (Å²) < 4.78 is 5.45.